The average molecular weight is 692 g/mol. The van der Waals surface area contributed by atoms with Crippen LogP contribution in [0.15, 0.2) is 106 Å². The van der Waals surface area contributed by atoms with E-state index in [1.807, 2.05) is 0 Å². The van der Waals surface area contributed by atoms with Gasteiger partial charge in [-0.1, -0.05) is 0 Å². The third-order valence-corrected chi connectivity index (χ3v) is 17.6. The van der Waals surface area contributed by atoms with Gasteiger partial charge in [0.25, 0.3) is 0 Å². The molecule has 0 spiro atoms. The van der Waals surface area contributed by atoms with Crippen LogP contribution in [0.2, 0.25) is 3.63 Å². The molecule has 0 aromatic heterocycles. The summed E-state index contributed by atoms with van der Waals surface area (Å²) in [6.45, 7) is 21.2. The Morgan fingerprint density at radius 3 is 1.79 bits per heavy atom. The van der Waals surface area contributed by atoms with Crippen molar-refractivity contribution < 1.29 is 49.5 Å². The first-order valence-electron chi connectivity index (χ1n) is 16.3. The van der Waals surface area contributed by atoms with E-state index in [1.54, 1.807) is 58.2 Å². The molecule has 0 heterocycles. The van der Waals surface area contributed by atoms with Gasteiger partial charge in [-0.25, -0.2) is 0 Å². The van der Waals surface area contributed by atoms with Crippen molar-refractivity contribution in [2.45, 2.75) is 97.5 Å². The molecule has 43 heavy (non-hydrogen) atoms. The first kappa shape index (κ1) is 33.5. The van der Waals surface area contributed by atoms with Gasteiger partial charge >= 0.3 is 267 Å². The van der Waals surface area contributed by atoms with Gasteiger partial charge in [0.05, 0.1) is 0 Å². The predicted octanol–water partition coefficient (Wildman–Crippen LogP) is 5.06. The molecule has 0 radical (unpaired) electrons. The molecule has 8 unspecified atom stereocenters. The van der Waals surface area contributed by atoms with Crippen LogP contribution in [0.4, 0.5) is 0 Å². The topological polar surface area (TPSA) is 0 Å². The fourth-order valence-electron chi connectivity index (χ4n) is 12.2. The Hall–Kier alpha value is -0.877. The average Bonchev–Trinajstić information content (AvgIpc) is 3.54. The van der Waals surface area contributed by atoms with E-state index in [0.717, 1.165) is 6.42 Å². The Morgan fingerprint density at radius 1 is 0.698 bits per heavy atom. The Balaban J connectivity index is 0.00000184. The van der Waals surface area contributed by atoms with Crippen LogP contribution in [0.3, 0.4) is 0 Å². The third kappa shape index (κ3) is 3.35. The minimum Gasteiger partial charge on any atom is -1.00 e. The molecule has 3 fully saturated rings. The van der Waals surface area contributed by atoms with E-state index < -0.39 is 0 Å². The van der Waals surface area contributed by atoms with Crippen LogP contribution < -0.4 is 24.8 Å². The van der Waals surface area contributed by atoms with Crippen molar-refractivity contribution >= 4 is 0 Å². The van der Waals surface area contributed by atoms with Crippen LogP contribution in [0, 0.1) is 37.9 Å². The quantitative estimate of drug-likeness (QED) is 0.361. The normalized spacial score (nSPS) is 47.3. The van der Waals surface area contributed by atoms with Crippen molar-refractivity contribution in [3.63, 3.8) is 0 Å². The van der Waals surface area contributed by atoms with Crippen molar-refractivity contribution in [2.24, 2.45) is 37.9 Å². The van der Waals surface area contributed by atoms with E-state index in [0.29, 0.717) is 3.63 Å². The molecule has 0 saturated heterocycles. The third-order valence-electron chi connectivity index (χ3n) is 15.4. The van der Waals surface area contributed by atoms with Gasteiger partial charge in [0.2, 0.25) is 0 Å². The van der Waals surface area contributed by atoms with Crippen molar-refractivity contribution in [3.05, 3.63) is 106 Å². The molecule has 0 N–H and O–H groups in total. The Bertz CT molecular complexity index is 1520. The summed E-state index contributed by atoms with van der Waals surface area (Å²) in [7, 11) is 0. The second-order valence-electron chi connectivity index (χ2n) is 15.6. The van der Waals surface area contributed by atoms with Gasteiger partial charge in [-0.05, 0) is 0 Å². The molecule has 0 aliphatic heterocycles. The van der Waals surface area contributed by atoms with E-state index in [2.05, 4.69) is 128 Å². The van der Waals surface area contributed by atoms with Gasteiger partial charge < -0.3 is 24.8 Å². The van der Waals surface area contributed by atoms with E-state index >= 15 is 0 Å². The molecule has 0 bridgehead atoms. The van der Waals surface area contributed by atoms with Gasteiger partial charge in [-0.3, -0.25) is 0 Å². The number of rotatable bonds is 1. The van der Waals surface area contributed by atoms with Gasteiger partial charge in [0.15, 0.2) is 0 Å². The smallest absolute Gasteiger partial charge is 1.00 e. The number of halogens is 2. The maximum Gasteiger partial charge on any atom is -1.00 e. The minimum absolute atomic E-state index is 0. The van der Waals surface area contributed by atoms with Crippen LogP contribution in [-0.4, -0.2) is 0 Å². The molecule has 0 amide bonds. The molecule has 227 valence electrons. The van der Waals surface area contributed by atoms with E-state index in [1.165, 1.54) is 32.1 Å². The largest absolute Gasteiger partial charge is 1.00 e. The molecule has 3 heteroatoms. The molecule has 7 aliphatic rings. The maximum atomic E-state index is 2.79. The second-order valence-corrected chi connectivity index (χ2v) is 17.1. The first-order chi connectivity index (χ1) is 19.3. The van der Waals surface area contributed by atoms with Gasteiger partial charge in [-0.2, -0.15) is 0 Å². The summed E-state index contributed by atoms with van der Waals surface area (Å²) in [4.78, 5) is 0. The standard InChI is InChI=1S/C40H49.2ClH.Zr/c1-28-33(30-20-12-13-21-30)32(29-18-10-9-11-19-29)26-31-27-38(6)36(4)24-15-14-22-34(36,2)35(3)23-16-17-25-37(35,5)40(38,8)39(28,31)7;;;/h12-17,20,22-27H,9-11,18-19,21H2,1-8H3;2*1H;/q;;;+2/p-2. The SMILES string of the molecule is CC1=C(C2=CC=CC2)C(=C2CCCCC2)C=C2[CH]([Zr+2])C3(C)C4(C)C=CC=CC4(C)C4(C)C=CC=CC4(C)C3(C)C21C.[Cl-].[Cl-]. The Kier molecular flexibility index (Phi) is 8.03. The molecular weight excluding hydrogens is 643 g/mol. The molecule has 3 saturated carbocycles. The van der Waals surface area contributed by atoms with Crippen LogP contribution in [-0.2, 0) is 24.7 Å². The van der Waals surface area contributed by atoms with E-state index in [4.69, 9.17) is 0 Å². The van der Waals surface area contributed by atoms with E-state index in [9.17, 15) is 0 Å². The summed E-state index contributed by atoms with van der Waals surface area (Å²) in [5, 5.41) is 0. The maximum absolute atomic E-state index is 2.79. The molecule has 0 aromatic carbocycles. The van der Waals surface area contributed by atoms with Crippen LogP contribution in [0.5, 0.6) is 0 Å². The first-order valence-corrected chi connectivity index (χ1v) is 17.7. The van der Waals surface area contributed by atoms with Crippen molar-refractivity contribution in [1.29, 1.82) is 0 Å². The Labute approximate surface area is 289 Å². The van der Waals surface area contributed by atoms with Crippen molar-refractivity contribution in [3.8, 4) is 0 Å². The molecule has 7 aliphatic carbocycles. The van der Waals surface area contributed by atoms with Gasteiger partial charge in [-0.15, -0.1) is 0 Å². The summed E-state index contributed by atoms with van der Waals surface area (Å²) in [5.74, 6) is 0. The number of hydrogen-bond acceptors (Lipinski definition) is 0. The number of hydrogen-bond donors (Lipinski definition) is 0. The zero-order chi connectivity index (χ0) is 29.3. The second kappa shape index (κ2) is 10.3. The molecule has 8 atom stereocenters. The predicted molar refractivity (Wildman–Crippen MR) is 170 cm³/mol. The van der Waals surface area contributed by atoms with Crippen molar-refractivity contribution in [1.82, 2.24) is 0 Å². The van der Waals surface area contributed by atoms with Gasteiger partial charge in [0, 0.05) is 0 Å². The summed E-state index contributed by atoms with van der Waals surface area (Å²) >= 11 is 1.67. The molecular formula is C40H49Cl2Zr. The van der Waals surface area contributed by atoms with E-state index in [-0.39, 0.29) is 62.7 Å². The number of fused-ring (bicyclic) bond motifs is 8. The van der Waals surface area contributed by atoms with Gasteiger partial charge in [0.1, 0.15) is 0 Å². The summed E-state index contributed by atoms with van der Waals surface area (Å²) in [5.41, 5.74) is 9.77. The zero-order valence-corrected chi connectivity index (χ0v) is 31.5. The number of allylic oxidation sites excluding steroid dienone is 18. The monoisotopic (exact) mass is 689 g/mol. The molecule has 0 nitrogen and oxygen atoms in total. The van der Waals surface area contributed by atoms with Crippen LogP contribution >= 0.6 is 0 Å². The fourth-order valence-corrected chi connectivity index (χ4v) is 14.5. The fraction of sp³-hybridized carbons (Fsp3) is 0.550. The molecule has 0 aromatic rings. The van der Waals surface area contributed by atoms with Crippen LogP contribution in [0.1, 0.15) is 93.9 Å². The van der Waals surface area contributed by atoms with Crippen molar-refractivity contribution in [2.75, 3.05) is 0 Å². The summed E-state index contributed by atoms with van der Waals surface area (Å²) in [6.07, 6.45) is 37.5. The summed E-state index contributed by atoms with van der Waals surface area (Å²) in [6, 6.07) is 0. The Morgan fingerprint density at radius 2 is 1.23 bits per heavy atom. The zero-order valence-electron chi connectivity index (χ0n) is 27.5. The summed E-state index contributed by atoms with van der Waals surface area (Å²) < 4.78 is 0.539. The molecule has 7 rings (SSSR count). The van der Waals surface area contributed by atoms with Crippen LogP contribution in [0.25, 0.3) is 0 Å². The minimum atomic E-state index is -0.0451.